The summed E-state index contributed by atoms with van der Waals surface area (Å²) in [5, 5.41) is 0. The number of likely N-dealkylation sites (tertiary alicyclic amines) is 1. The molecule has 0 aromatic carbocycles. The van der Waals surface area contributed by atoms with Gasteiger partial charge in [-0.1, -0.05) is 0 Å². The van der Waals surface area contributed by atoms with E-state index in [9.17, 15) is 4.79 Å². The van der Waals surface area contributed by atoms with E-state index in [4.69, 9.17) is 5.73 Å². The predicted molar refractivity (Wildman–Crippen MR) is 74.4 cm³/mol. The van der Waals surface area contributed by atoms with Crippen LogP contribution in [0, 0.1) is 23.2 Å². The molecule has 1 unspecified atom stereocenters. The molecule has 0 aromatic rings. The van der Waals surface area contributed by atoms with Crippen LogP contribution in [0.3, 0.4) is 0 Å². The van der Waals surface area contributed by atoms with Crippen LogP contribution in [0.4, 0.5) is 0 Å². The molecule has 4 saturated carbocycles. The van der Waals surface area contributed by atoms with E-state index in [-0.39, 0.29) is 5.41 Å². The van der Waals surface area contributed by atoms with Gasteiger partial charge in [-0.15, -0.1) is 0 Å². The molecule has 5 rings (SSSR count). The van der Waals surface area contributed by atoms with Crippen molar-refractivity contribution in [1.29, 1.82) is 0 Å². The molecule has 1 amide bonds. The number of nitrogens with zero attached hydrogens (tertiary/aromatic N) is 1. The van der Waals surface area contributed by atoms with Crippen LogP contribution in [-0.2, 0) is 4.79 Å². The van der Waals surface area contributed by atoms with Crippen LogP contribution in [0.1, 0.15) is 51.4 Å². The predicted octanol–water partition coefficient (Wildman–Crippen LogP) is 2.15. The van der Waals surface area contributed by atoms with Gasteiger partial charge in [-0.05, 0) is 69.1 Å². The molecule has 1 aliphatic heterocycles. The second-order valence-corrected chi connectivity index (χ2v) is 7.73. The van der Waals surface area contributed by atoms with Crippen molar-refractivity contribution < 1.29 is 4.79 Å². The first-order chi connectivity index (χ1) is 9.20. The van der Waals surface area contributed by atoms with Gasteiger partial charge in [0.2, 0.25) is 5.91 Å². The van der Waals surface area contributed by atoms with Crippen molar-refractivity contribution in [2.24, 2.45) is 28.9 Å². The zero-order valence-electron chi connectivity index (χ0n) is 11.8. The quantitative estimate of drug-likeness (QED) is 0.829. The third kappa shape index (κ3) is 1.77. The van der Waals surface area contributed by atoms with E-state index in [0.29, 0.717) is 18.5 Å². The van der Waals surface area contributed by atoms with Crippen molar-refractivity contribution in [3.63, 3.8) is 0 Å². The number of hydrogen-bond donors (Lipinski definition) is 1. The van der Waals surface area contributed by atoms with Gasteiger partial charge in [0.15, 0.2) is 0 Å². The number of nitrogens with two attached hydrogens (primary N) is 1. The molecule has 106 valence electrons. The van der Waals surface area contributed by atoms with Crippen LogP contribution < -0.4 is 5.73 Å². The third-order valence-corrected chi connectivity index (χ3v) is 6.40. The number of hydrogen-bond acceptors (Lipinski definition) is 2. The number of amides is 1. The Bertz CT molecular complexity index is 357. The first kappa shape index (κ1) is 12.2. The van der Waals surface area contributed by atoms with E-state index in [2.05, 4.69) is 4.90 Å². The Labute approximate surface area is 115 Å². The van der Waals surface area contributed by atoms with Crippen LogP contribution in [0.15, 0.2) is 0 Å². The molecule has 0 radical (unpaired) electrons. The van der Waals surface area contributed by atoms with Crippen molar-refractivity contribution in [3.8, 4) is 0 Å². The molecule has 0 aromatic heterocycles. The van der Waals surface area contributed by atoms with Crippen LogP contribution >= 0.6 is 0 Å². The normalized spacial score (nSPS) is 47.9. The zero-order chi connectivity index (χ0) is 13.0. The van der Waals surface area contributed by atoms with Crippen molar-refractivity contribution in [1.82, 2.24) is 4.90 Å². The molecule has 1 atom stereocenters. The minimum absolute atomic E-state index is 0.0342. The van der Waals surface area contributed by atoms with Crippen LogP contribution in [0.25, 0.3) is 0 Å². The first-order valence-electron chi connectivity index (χ1n) is 8.21. The van der Waals surface area contributed by atoms with Gasteiger partial charge in [0.1, 0.15) is 0 Å². The molecule has 19 heavy (non-hydrogen) atoms. The Morgan fingerprint density at radius 1 is 1.11 bits per heavy atom. The molecular formula is C16H26N2O. The fourth-order valence-electron chi connectivity index (χ4n) is 6.03. The number of rotatable bonds is 2. The van der Waals surface area contributed by atoms with Crippen molar-refractivity contribution in [2.75, 3.05) is 13.1 Å². The summed E-state index contributed by atoms with van der Waals surface area (Å²) < 4.78 is 0. The molecule has 5 fully saturated rings. The zero-order valence-corrected chi connectivity index (χ0v) is 11.8. The van der Waals surface area contributed by atoms with Crippen molar-refractivity contribution >= 4 is 5.91 Å². The van der Waals surface area contributed by atoms with E-state index in [1.165, 1.54) is 38.5 Å². The minimum Gasteiger partial charge on any atom is -0.338 e. The maximum Gasteiger partial charge on any atom is 0.229 e. The monoisotopic (exact) mass is 262 g/mol. The van der Waals surface area contributed by atoms with Gasteiger partial charge in [-0.2, -0.15) is 0 Å². The fourth-order valence-corrected chi connectivity index (χ4v) is 6.03. The molecule has 1 saturated heterocycles. The van der Waals surface area contributed by atoms with Crippen LogP contribution in [0.2, 0.25) is 0 Å². The Balaban J connectivity index is 1.59. The highest BCUT2D eigenvalue weighted by Gasteiger charge is 2.56. The summed E-state index contributed by atoms with van der Waals surface area (Å²) in [5.41, 5.74) is 5.89. The van der Waals surface area contributed by atoms with Crippen molar-refractivity contribution in [2.45, 2.75) is 57.4 Å². The highest BCUT2D eigenvalue weighted by Crippen LogP contribution is 2.60. The summed E-state index contributed by atoms with van der Waals surface area (Å²) in [7, 11) is 0. The molecule has 1 heterocycles. The summed E-state index contributed by atoms with van der Waals surface area (Å²) in [6.07, 6.45) is 10.1. The Kier molecular flexibility index (Phi) is 2.70. The minimum atomic E-state index is 0.0342. The SMILES string of the molecule is NCC1CCCN1C(=O)C12CC3CC(CC(C3)C1)C2. The maximum atomic E-state index is 13.1. The van der Waals surface area contributed by atoms with E-state index in [0.717, 1.165) is 37.1 Å². The van der Waals surface area contributed by atoms with Gasteiger partial charge >= 0.3 is 0 Å². The van der Waals surface area contributed by atoms with Gasteiger partial charge in [-0.3, -0.25) is 4.79 Å². The highest BCUT2D eigenvalue weighted by atomic mass is 16.2. The van der Waals surface area contributed by atoms with Gasteiger partial charge in [-0.25, -0.2) is 0 Å². The molecule has 4 aliphatic carbocycles. The lowest BCUT2D eigenvalue weighted by molar-refractivity contribution is -0.158. The van der Waals surface area contributed by atoms with E-state index >= 15 is 0 Å². The Morgan fingerprint density at radius 2 is 1.68 bits per heavy atom. The number of carbonyl (C=O) groups is 1. The lowest BCUT2D eigenvalue weighted by Gasteiger charge is -2.56. The van der Waals surface area contributed by atoms with Gasteiger partial charge in [0, 0.05) is 19.1 Å². The molecule has 0 spiro atoms. The average molecular weight is 262 g/mol. The Hall–Kier alpha value is -0.570. The van der Waals surface area contributed by atoms with Gasteiger partial charge < -0.3 is 10.6 Å². The lowest BCUT2D eigenvalue weighted by Crippen LogP contribution is -2.56. The molecule has 5 aliphatic rings. The van der Waals surface area contributed by atoms with E-state index < -0.39 is 0 Å². The second-order valence-electron chi connectivity index (χ2n) is 7.73. The summed E-state index contributed by atoms with van der Waals surface area (Å²) in [6, 6.07) is 0.334. The average Bonchev–Trinajstić information content (AvgIpc) is 2.84. The maximum absolute atomic E-state index is 13.1. The summed E-state index contributed by atoms with van der Waals surface area (Å²) in [5.74, 6) is 3.05. The van der Waals surface area contributed by atoms with Crippen LogP contribution in [-0.4, -0.2) is 29.9 Å². The second kappa shape index (κ2) is 4.21. The molecule has 4 bridgehead atoms. The molecule has 2 N–H and O–H groups in total. The molecule has 3 nitrogen and oxygen atoms in total. The molecular weight excluding hydrogens is 236 g/mol. The fraction of sp³-hybridized carbons (Fsp3) is 0.938. The van der Waals surface area contributed by atoms with E-state index in [1.54, 1.807) is 0 Å². The summed E-state index contributed by atoms with van der Waals surface area (Å²) in [6.45, 7) is 1.61. The Morgan fingerprint density at radius 3 is 2.21 bits per heavy atom. The largest absolute Gasteiger partial charge is 0.338 e. The standard InChI is InChI=1S/C16H26N2O/c17-10-14-2-1-3-18(14)15(19)16-7-11-4-12(8-16)6-13(5-11)9-16/h11-14H,1-10,17H2. The van der Waals surface area contributed by atoms with Crippen LogP contribution in [0.5, 0.6) is 0 Å². The smallest absolute Gasteiger partial charge is 0.229 e. The molecule has 3 heteroatoms. The van der Waals surface area contributed by atoms with Gasteiger partial charge in [0.05, 0.1) is 5.41 Å². The summed E-state index contributed by atoms with van der Waals surface area (Å²) in [4.78, 5) is 15.3. The summed E-state index contributed by atoms with van der Waals surface area (Å²) >= 11 is 0. The van der Waals surface area contributed by atoms with Gasteiger partial charge in [0.25, 0.3) is 0 Å². The van der Waals surface area contributed by atoms with E-state index in [1.807, 2.05) is 0 Å². The number of carbonyl (C=O) groups excluding carboxylic acids is 1. The topological polar surface area (TPSA) is 46.3 Å². The highest BCUT2D eigenvalue weighted by molar-refractivity contribution is 5.84. The third-order valence-electron chi connectivity index (χ3n) is 6.40. The lowest BCUT2D eigenvalue weighted by atomic mass is 9.49. The first-order valence-corrected chi connectivity index (χ1v) is 8.21. The van der Waals surface area contributed by atoms with Crippen molar-refractivity contribution in [3.05, 3.63) is 0 Å².